The molecule has 2 N–H and O–H groups in total. The maximum Gasteiger partial charge on any atom is 0.250 e. The highest BCUT2D eigenvalue weighted by Gasteiger charge is 2.04. The number of anilines is 1. The highest BCUT2D eigenvalue weighted by molar-refractivity contribution is 6.33. The van der Waals surface area contributed by atoms with E-state index < -0.39 is 0 Å². The first kappa shape index (κ1) is 14.0. The number of carbonyl (C=O) groups excluding carboxylic acids is 1. The minimum Gasteiger partial charge on any atom is -0.370 e. The average molecular weight is 257 g/mol. The molecule has 1 aromatic carbocycles. The van der Waals surface area contributed by atoms with Crippen LogP contribution in [0.2, 0.25) is 5.02 Å². The molecule has 17 heavy (non-hydrogen) atoms. The van der Waals surface area contributed by atoms with Crippen LogP contribution in [-0.4, -0.2) is 32.2 Å². The molecule has 0 fully saturated rings. The Labute approximate surface area is 106 Å². The number of amides is 1. The van der Waals surface area contributed by atoms with Gasteiger partial charge in [0.25, 0.3) is 0 Å². The van der Waals surface area contributed by atoms with E-state index in [1.807, 2.05) is 19.1 Å². The molecule has 0 saturated carbocycles. The largest absolute Gasteiger partial charge is 0.370 e. The van der Waals surface area contributed by atoms with Crippen molar-refractivity contribution in [3.63, 3.8) is 0 Å². The summed E-state index contributed by atoms with van der Waals surface area (Å²) in [5.41, 5.74) is 0.606. The number of rotatable bonds is 7. The topological polar surface area (TPSA) is 50.4 Å². The van der Waals surface area contributed by atoms with Crippen molar-refractivity contribution in [2.24, 2.45) is 0 Å². The van der Waals surface area contributed by atoms with Crippen molar-refractivity contribution in [2.75, 3.05) is 31.6 Å². The number of likely N-dealkylation sites (N-methyl/N-ethyl adjacent to an activating group) is 1. The molecule has 0 aliphatic carbocycles. The predicted molar refractivity (Wildman–Crippen MR) is 69.4 cm³/mol. The van der Waals surface area contributed by atoms with Crippen molar-refractivity contribution in [2.45, 2.75) is 6.92 Å². The van der Waals surface area contributed by atoms with Gasteiger partial charge in [0.05, 0.1) is 17.3 Å². The second-order valence-electron chi connectivity index (χ2n) is 3.43. The maximum atomic E-state index is 11.5. The average Bonchev–Trinajstić information content (AvgIpc) is 2.32. The summed E-state index contributed by atoms with van der Waals surface area (Å²) in [6.45, 7) is 4.22. The van der Waals surface area contributed by atoms with Gasteiger partial charge in [-0.1, -0.05) is 30.7 Å². The Morgan fingerprint density at radius 1 is 1.41 bits per heavy atom. The van der Waals surface area contributed by atoms with E-state index in [4.69, 9.17) is 16.3 Å². The number of halogens is 1. The number of benzene rings is 1. The molecule has 0 saturated heterocycles. The molecule has 0 unspecified atom stereocenters. The van der Waals surface area contributed by atoms with Gasteiger partial charge in [0, 0.05) is 6.54 Å². The van der Waals surface area contributed by atoms with Gasteiger partial charge in [-0.15, -0.1) is 0 Å². The molecule has 0 radical (unpaired) electrons. The van der Waals surface area contributed by atoms with Gasteiger partial charge in [0.1, 0.15) is 6.61 Å². The third kappa shape index (κ3) is 5.68. The van der Waals surface area contributed by atoms with E-state index in [-0.39, 0.29) is 12.5 Å². The predicted octanol–water partition coefficient (Wildman–Crippen LogP) is 1.90. The first-order valence-corrected chi connectivity index (χ1v) is 5.94. The first-order chi connectivity index (χ1) is 8.24. The molecule has 1 aromatic rings. The molecule has 1 rings (SSSR count). The summed E-state index contributed by atoms with van der Waals surface area (Å²) in [4.78, 5) is 11.5. The number of ether oxygens (including phenoxy) is 1. The van der Waals surface area contributed by atoms with E-state index in [9.17, 15) is 4.79 Å². The van der Waals surface area contributed by atoms with E-state index in [2.05, 4.69) is 10.6 Å². The molecule has 0 spiro atoms. The van der Waals surface area contributed by atoms with Crippen molar-refractivity contribution in [3.05, 3.63) is 29.3 Å². The Balaban J connectivity index is 2.23. The SMILES string of the molecule is CCNCCOCC(=O)Nc1ccccc1Cl. The van der Waals surface area contributed by atoms with Crippen molar-refractivity contribution in [1.29, 1.82) is 0 Å². The summed E-state index contributed by atoms with van der Waals surface area (Å²) < 4.78 is 5.19. The maximum absolute atomic E-state index is 11.5. The Bertz CT molecular complexity index is 358. The zero-order valence-corrected chi connectivity index (χ0v) is 10.6. The van der Waals surface area contributed by atoms with E-state index in [0.29, 0.717) is 17.3 Å². The molecule has 5 heteroatoms. The zero-order valence-electron chi connectivity index (χ0n) is 9.83. The Morgan fingerprint density at radius 2 is 2.18 bits per heavy atom. The molecule has 0 heterocycles. The van der Waals surface area contributed by atoms with E-state index in [0.717, 1.165) is 13.1 Å². The van der Waals surface area contributed by atoms with Crippen molar-refractivity contribution in [1.82, 2.24) is 5.32 Å². The monoisotopic (exact) mass is 256 g/mol. The number of hydrogen-bond acceptors (Lipinski definition) is 3. The van der Waals surface area contributed by atoms with Crippen LogP contribution in [0.15, 0.2) is 24.3 Å². The van der Waals surface area contributed by atoms with Crippen LogP contribution in [0.1, 0.15) is 6.92 Å². The number of para-hydroxylation sites is 1. The Morgan fingerprint density at radius 3 is 2.88 bits per heavy atom. The molecule has 94 valence electrons. The van der Waals surface area contributed by atoms with Crippen LogP contribution < -0.4 is 10.6 Å². The smallest absolute Gasteiger partial charge is 0.250 e. The van der Waals surface area contributed by atoms with Gasteiger partial charge in [-0.25, -0.2) is 0 Å². The fourth-order valence-electron chi connectivity index (χ4n) is 1.23. The molecular formula is C12H17ClN2O2. The summed E-state index contributed by atoms with van der Waals surface area (Å²) in [7, 11) is 0. The van der Waals surface area contributed by atoms with Gasteiger partial charge >= 0.3 is 0 Å². The van der Waals surface area contributed by atoms with Gasteiger partial charge < -0.3 is 15.4 Å². The standard InChI is InChI=1S/C12H17ClN2O2/c1-2-14-7-8-17-9-12(16)15-11-6-4-3-5-10(11)13/h3-6,14H,2,7-9H2,1H3,(H,15,16). The highest BCUT2D eigenvalue weighted by Crippen LogP contribution is 2.19. The van der Waals surface area contributed by atoms with Crippen LogP contribution in [0.4, 0.5) is 5.69 Å². The third-order valence-electron chi connectivity index (χ3n) is 2.05. The fourth-order valence-corrected chi connectivity index (χ4v) is 1.42. The molecule has 0 aromatic heterocycles. The highest BCUT2D eigenvalue weighted by atomic mass is 35.5. The lowest BCUT2D eigenvalue weighted by molar-refractivity contribution is -0.120. The summed E-state index contributed by atoms with van der Waals surface area (Å²) in [5.74, 6) is -0.199. The van der Waals surface area contributed by atoms with Crippen molar-refractivity contribution >= 4 is 23.2 Å². The minimum atomic E-state index is -0.199. The Hall–Kier alpha value is -1.10. The summed E-state index contributed by atoms with van der Waals surface area (Å²) >= 11 is 5.91. The van der Waals surface area contributed by atoms with Crippen LogP contribution >= 0.6 is 11.6 Å². The second-order valence-corrected chi connectivity index (χ2v) is 3.84. The van der Waals surface area contributed by atoms with Gasteiger partial charge in [0.15, 0.2) is 0 Å². The first-order valence-electron chi connectivity index (χ1n) is 5.57. The van der Waals surface area contributed by atoms with Crippen LogP contribution in [0, 0.1) is 0 Å². The molecule has 0 aliphatic heterocycles. The van der Waals surface area contributed by atoms with Gasteiger partial charge in [-0.05, 0) is 18.7 Å². The lowest BCUT2D eigenvalue weighted by Gasteiger charge is -2.07. The third-order valence-corrected chi connectivity index (χ3v) is 2.38. The van der Waals surface area contributed by atoms with Gasteiger partial charge in [-0.3, -0.25) is 4.79 Å². The van der Waals surface area contributed by atoms with Crippen LogP contribution in [0.5, 0.6) is 0 Å². The van der Waals surface area contributed by atoms with Gasteiger partial charge in [0.2, 0.25) is 5.91 Å². The minimum absolute atomic E-state index is 0.0383. The Kier molecular flexibility index (Phi) is 6.62. The molecular weight excluding hydrogens is 240 g/mol. The number of carbonyl (C=O) groups is 1. The zero-order chi connectivity index (χ0) is 12.5. The van der Waals surface area contributed by atoms with Crippen LogP contribution in [0.25, 0.3) is 0 Å². The van der Waals surface area contributed by atoms with Gasteiger partial charge in [-0.2, -0.15) is 0 Å². The van der Waals surface area contributed by atoms with Crippen molar-refractivity contribution < 1.29 is 9.53 Å². The van der Waals surface area contributed by atoms with E-state index >= 15 is 0 Å². The van der Waals surface area contributed by atoms with E-state index in [1.54, 1.807) is 12.1 Å². The lowest BCUT2D eigenvalue weighted by Crippen LogP contribution is -2.23. The molecule has 0 bridgehead atoms. The molecule has 4 nitrogen and oxygen atoms in total. The fraction of sp³-hybridized carbons (Fsp3) is 0.417. The summed E-state index contributed by atoms with van der Waals surface area (Å²) in [6.07, 6.45) is 0. The molecule has 1 amide bonds. The lowest BCUT2D eigenvalue weighted by atomic mass is 10.3. The number of nitrogens with one attached hydrogen (secondary N) is 2. The van der Waals surface area contributed by atoms with E-state index in [1.165, 1.54) is 0 Å². The summed E-state index contributed by atoms with van der Waals surface area (Å²) in [5, 5.41) is 6.31. The van der Waals surface area contributed by atoms with Crippen molar-refractivity contribution in [3.8, 4) is 0 Å². The second kappa shape index (κ2) is 8.06. The van der Waals surface area contributed by atoms with Crippen LogP contribution in [0.3, 0.4) is 0 Å². The normalized spacial score (nSPS) is 10.2. The molecule has 0 aliphatic rings. The van der Waals surface area contributed by atoms with Crippen LogP contribution in [-0.2, 0) is 9.53 Å². The summed E-state index contributed by atoms with van der Waals surface area (Å²) in [6, 6.07) is 7.10. The molecule has 0 atom stereocenters. The number of hydrogen-bond donors (Lipinski definition) is 2. The quantitative estimate of drug-likeness (QED) is 0.733.